The van der Waals surface area contributed by atoms with E-state index in [9.17, 15) is 4.79 Å². The Morgan fingerprint density at radius 3 is 2.84 bits per heavy atom. The summed E-state index contributed by atoms with van der Waals surface area (Å²) in [6.45, 7) is 2.78. The molecule has 0 spiro atoms. The largest absolute Gasteiger partial charge is 0.383 e. The molecule has 1 amide bonds. The zero-order valence-electron chi connectivity index (χ0n) is 10.8. The number of carbonyl (C=O) groups excluding carboxylic acids is 1. The highest BCUT2D eigenvalue weighted by atomic mass is 16.5. The lowest BCUT2D eigenvalue weighted by Crippen LogP contribution is -2.28. The quantitative estimate of drug-likeness (QED) is 0.785. The maximum Gasteiger partial charge on any atom is 0.271 e. The number of carbonyl (C=O) groups is 1. The maximum atomic E-state index is 11.7. The molecule has 0 aliphatic rings. The molecule has 0 atom stereocenters. The smallest absolute Gasteiger partial charge is 0.271 e. The molecule has 2 heterocycles. The van der Waals surface area contributed by atoms with Gasteiger partial charge in [0.1, 0.15) is 5.82 Å². The second kappa shape index (κ2) is 6.05. The van der Waals surface area contributed by atoms with Crippen LogP contribution in [0.5, 0.6) is 0 Å². The summed E-state index contributed by atoms with van der Waals surface area (Å²) < 4.78 is 6.64. The van der Waals surface area contributed by atoms with E-state index in [0.29, 0.717) is 19.0 Å². The Kier molecular flexibility index (Phi) is 4.19. The molecule has 0 aliphatic carbocycles. The van der Waals surface area contributed by atoms with Crippen molar-refractivity contribution >= 4 is 5.91 Å². The first-order valence-corrected chi connectivity index (χ1v) is 5.83. The number of hydrogen-bond donors (Lipinski definition) is 1. The highest BCUT2D eigenvalue weighted by Crippen LogP contribution is 2.06. The van der Waals surface area contributed by atoms with E-state index >= 15 is 0 Å². The third kappa shape index (κ3) is 3.14. The van der Waals surface area contributed by atoms with Crippen LogP contribution in [0.2, 0.25) is 0 Å². The average molecular weight is 261 g/mol. The fraction of sp³-hybridized carbons (Fsp3) is 0.333. The van der Waals surface area contributed by atoms with Gasteiger partial charge >= 0.3 is 0 Å². The van der Waals surface area contributed by atoms with Crippen LogP contribution in [0.3, 0.4) is 0 Å². The van der Waals surface area contributed by atoms with Gasteiger partial charge in [0.05, 0.1) is 6.61 Å². The molecular weight excluding hydrogens is 246 g/mol. The van der Waals surface area contributed by atoms with Crippen molar-refractivity contribution in [1.29, 1.82) is 0 Å². The van der Waals surface area contributed by atoms with E-state index in [1.807, 2.05) is 6.92 Å². The molecule has 0 aliphatic heterocycles. The minimum atomic E-state index is -0.265. The number of aryl methyl sites for hydroxylation is 1. The van der Waals surface area contributed by atoms with Crippen molar-refractivity contribution in [2.45, 2.75) is 6.92 Å². The topological polar surface area (TPSA) is 81.9 Å². The molecule has 7 nitrogen and oxygen atoms in total. The van der Waals surface area contributed by atoms with Gasteiger partial charge in [0.15, 0.2) is 11.5 Å². The molecule has 2 aromatic heterocycles. The molecule has 2 aromatic rings. The Balaban J connectivity index is 2.06. The van der Waals surface area contributed by atoms with Crippen molar-refractivity contribution < 1.29 is 9.53 Å². The van der Waals surface area contributed by atoms with Crippen LogP contribution in [0.1, 0.15) is 16.3 Å². The molecule has 1 N–H and O–H groups in total. The van der Waals surface area contributed by atoms with Crippen LogP contribution < -0.4 is 5.32 Å². The third-order valence-corrected chi connectivity index (χ3v) is 2.55. The van der Waals surface area contributed by atoms with Crippen molar-refractivity contribution in [3.05, 3.63) is 36.0 Å². The van der Waals surface area contributed by atoms with Crippen molar-refractivity contribution in [3.63, 3.8) is 0 Å². The molecule has 0 saturated heterocycles. The summed E-state index contributed by atoms with van der Waals surface area (Å²) in [6.07, 6.45) is 3.47. The summed E-state index contributed by atoms with van der Waals surface area (Å²) in [5.74, 6) is 1.17. The van der Waals surface area contributed by atoms with Crippen LogP contribution in [0.4, 0.5) is 0 Å². The Labute approximate surface area is 110 Å². The monoisotopic (exact) mass is 261 g/mol. The number of ether oxygens (including phenoxy) is 1. The van der Waals surface area contributed by atoms with E-state index in [0.717, 1.165) is 5.82 Å². The highest BCUT2D eigenvalue weighted by molar-refractivity contribution is 5.92. The van der Waals surface area contributed by atoms with E-state index < -0.39 is 0 Å². The molecule has 0 aromatic carbocycles. The zero-order valence-corrected chi connectivity index (χ0v) is 10.8. The minimum absolute atomic E-state index is 0.265. The van der Waals surface area contributed by atoms with Gasteiger partial charge in [-0.25, -0.2) is 4.98 Å². The molecule has 100 valence electrons. The molecule has 7 heteroatoms. The second-order valence-electron chi connectivity index (χ2n) is 3.87. The summed E-state index contributed by atoms with van der Waals surface area (Å²) in [6, 6.07) is 3.36. The van der Waals surface area contributed by atoms with Crippen LogP contribution in [-0.2, 0) is 4.74 Å². The number of aromatic nitrogens is 4. The Morgan fingerprint density at radius 1 is 1.42 bits per heavy atom. The van der Waals surface area contributed by atoms with Crippen molar-refractivity contribution in [1.82, 2.24) is 25.1 Å². The lowest BCUT2D eigenvalue weighted by atomic mass is 10.3. The predicted molar refractivity (Wildman–Crippen MR) is 68.1 cm³/mol. The molecular formula is C12H15N5O2. The van der Waals surface area contributed by atoms with Gasteiger partial charge in [-0.1, -0.05) is 0 Å². The average Bonchev–Trinajstić information content (AvgIpc) is 2.85. The molecule has 0 bridgehead atoms. The van der Waals surface area contributed by atoms with Gasteiger partial charge in [-0.2, -0.15) is 0 Å². The van der Waals surface area contributed by atoms with Crippen LogP contribution in [0.25, 0.3) is 5.82 Å². The van der Waals surface area contributed by atoms with Crippen LogP contribution in [0.15, 0.2) is 24.5 Å². The minimum Gasteiger partial charge on any atom is -0.383 e. The number of nitrogens with one attached hydrogen (secondary N) is 1. The first-order chi connectivity index (χ1) is 9.22. The summed E-state index contributed by atoms with van der Waals surface area (Å²) in [5, 5.41) is 10.6. The third-order valence-electron chi connectivity index (χ3n) is 2.55. The normalized spacial score (nSPS) is 10.4. The molecule has 0 fully saturated rings. The lowest BCUT2D eigenvalue weighted by Gasteiger charge is -2.05. The first-order valence-electron chi connectivity index (χ1n) is 5.83. The number of rotatable bonds is 5. The van der Waals surface area contributed by atoms with Gasteiger partial charge in [-0.15, -0.1) is 10.2 Å². The number of methoxy groups -OCH3 is 1. The van der Waals surface area contributed by atoms with E-state index in [1.54, 1.807) is 36.2 Å². The summed E-state index contributed by atoms with van der Waals surface area (Å²) >= 11 is 0. The number of nitrogens with zero attached hydrogens (tertiary/aromatic N) is 4. The Morgan fingerprint density at radius 2 is 2.26 bits per heavy atom. The predicted octanol–water partition coefficient (Wildman–Crippen LogP) is 0.347. The van der Waals surface area contributed by atoms with Crippen LogP contribution >= 0.6 is 0 Å². The van der Waals surface area contributed by atoms with Crippen LogP contribution in [0, 0.1) is 6.92 Å². The van der Waals surface area contributed by atoms with E-state index in [4.69, 9.17) is 4.74 Å². The van der Waals surface area contributed by atoms with E-state index in [-0.39, 0.29) is 11.6 Å². The molecule has 19 heavy (non-hydrogen) atoms. The van der Waals surface area contributed by atoms with Crippen molar-refractivity contribution in [2.75, 3.05) is 20.3 Å². The van der Waals surface area contributed by atoms with Gasteiger partial charge < -0.3 is 10.1 Å². The molecule has 0 radical (unpaired) electrons. The van der Waals surface area contributed by atoms with Gasteiger partial charge in [0.25, 0.3) is 5.91 Å². The van der Waals surface area contributed by atoms with E-state index in [2.05, 4.69) is 20.5 Å². The summed E-state index contributed by atoms with van der Waals surface area (Å²) in [7, 11) is 1.58. The first kappa shape index (κ1) is 13.2. The van der Waals surface area contributed by atoms with Gasteiger partial charge in [-0.05, 0) is 19.1 Å². The second-order valence-corrected chi connectivity index (χ2v) is 3.87. The standard InChI is InChI=1S/C12H15N5O2/c1-9-13-5-7-17(9)11-4-3-10(15-16-11)12(18)14-6-8-19-2/h3-5,7H,6,8H2,1-2H3,(H,14,18). The van der Waals surface area contributed by atoms with Gasteiger partial charge in [0.2, 0.25) is 0 Å². The van der Waals surface area contributed by atoms with Crippen molar-refractivity contribution in [2.24, 2.45) is 0 Å². The maximum absolute atomic E-state index is 11.7. The highest BCUT2D eigenvalue weighted by Gasteiger charge is 2.08. The molecule has 0 unspecified atom stereocenters. The number of imidazole rings is 1. The number of amides is 1. The molecule has 0 saturated carbocycles. The fourth-order valence-corrected chi connectivity index (χ4v) is 1.55. The summed E-state index contributed by atoms with van der Waals surface area (Å²) in [5.41, 5.74) is 0.276. The Bertz CT molecular complexity index is 550. The SMILES string of the molecule is COCCNC(=O)c1ccc(-n2ccnc2C)nn1. The summed E-state index contributed by atoms with van der Waals surface area (Å²) in [4.78, 5) is 15.8. The Hall–Kier alpha value is -2.28. The van der Waals surface area contributed by atoms with Gasteiger partial charge in [-0.3, -0.25) is 9.36 Å². The van der Waals surface area contributed by atoms with Crippen molar-refractivity contribution in [3.8, 4) is 5.82 Å². The molecule has 2 rings (SSSR count). The van der Waals surface area contributed by atoms with Crippen LogP contribution in [-0.4, -0.2) is 45.9 Å². The zero-order chi connectivity index (χ0) is 13.7. The van der Waals surface area contributed by atoms with Gasteiger partial charge in [0, 0.05) is 26.0 Å². The fourth-order valence-electron chi connectivity index (χ4n) is 1.55. The van der Waals surface area contributed by atoms with E-state index in [1.165, 1.54) is 0 Å². The lowest BCUT2D eigenvalue weighted by molar-refractivity contribution is 0.0931. The number of hydrogen-bond acceptors (Lipinski definition) is 5.